The van der Waals surface area contributed by atoms with E-state index in [9.17, 15) is 4.79 Å². The first-order valence-electron chi connectivity index (χ1n) is 6.30. The van der Waals surface area contributed by atoms with Gasteiger partial charge < -0.3 is 16.4 Å². The summed E-state index contributed by atoms with van der Waals surface area (Å²) >= 11 is 0. The molecule has 0 aliphatic heterocycles. The number of carbonyl (C=O) groups excluding carboxylic acids is 1. The largest absolute Gasteiger partial charge is 0.397 e. The van der Waals surface area contributed by atoms with E-state index in [-0.39, 0.29) is 0 Å². The molecule has 0 bridgehead atoms. The van der Waals surface area contributed by atoms with Crippen molar-refractivity contribution in [3.05, 3.63) is 53.3 Å². The number of primary amides is 1. The molecule has 0 spiro atoms. The Bertz CT molecular complexity index is 640. The molecule has 0 aliphatic carbocycles. The summed E-state index contributed by atoms with van der Waals surface area (Å²) in [4.78, 5) is 17.6. The van der Waals surface area contributed by atoms with Crippen LogP contribution in [-0.4, -0.2) is 17.9 Å². The fraction of sp³-hybridized carbons (Fsp3) is 0.200. The molecular formula is C15H18N4O. The van der Waals surface area contributed by atoms with Crippen LogP contribution in [0.1, 0.15) is 21.7 Å². The second kappa shape index (κ2) is 5.61. The molecule has 0 aliphatic rings. The average molecular weight is 270 g/mol. The molecule has 0 saturated carbocycles. The minimum absolute atomic E-state index is 0.443. The molecule has 0 unspecified atom stereocenters. The van der Waals surface area contributed by atoms with E-state index in [2.05, 4.69) is 4.98 Å². The van der Waals surface area contributed by atoms with Crippen molar-refractivity contribution in [2.24, 2.45) is 5.73 Å². The summed E-state index contributed by atoms with van der Waals surface area (Å²) < 4.78 is 0. The zero-order valence-electron chi connectivity index (χ0n) is 11.6. The van der Waals surface area contributed by atoms with Crippen molar-refractivity contribution < 1.29 is 4.79 Å². The van der Waals surface area contributed by atoms with Crippen molar-refractivity contribution in [3.63, 3.8) is 0 Å². The molecule has 20 heavy (non-hydrogen) atoms. The molecule has 1 amide bonds. The lowest BCUT2D eigenvalue weighted by Gasteiger charge is -2.21. The van der Waals surface area contributed by atoms with Gasteiger partial charge in [0, 0.05) is 18.3 Å². The minimum atomic E-state index is -0.465. The summed E-state index contributed by atoms with van der Waals surface area (Å²) in [6.07, 6.45) is 0. The smallest absolute Gasteiger partial charge is 0.248 e. The first-order chi connectivity index (χ1) is 9.47. The average Bonchev–Trinajstić information content (AvgIpc) is 2.38. The van der Waals surface area contributed by atoms with Gasteiger partial charge in [0.05, 0.1) is 23.6 Å². The van der Waals surface area contributed by atoms with E-state index < -0.39 is 5.91 Å². The standard InChI is InChI=1S/C15H18N4O/c1-10-4-3-5-12(18-10)9-19(2)14-8-11(15(17)20)6-7-13(14)16/h3-8H,9,16H2,1-2H3,(H2,17,20). The van der Waals surface area contributed by atoms with Crippen LogP contribution in [0.2, 0.25) is 0 Å². The van der Waals surface area contributed by atoms with Crippen molar-refractivity contribution in [2.75, 3.05) is 17.7 Å². The van der Waals surface area contributed by atoms with Gasteiger partial charge in [0.2, 0.25) is 5.91 Å². The number of amides is 1. The summed E-state index contributed by atoms with van der Waals surface area (Å²) in [5.74, 6) is -0.465. The van der Waals surface area contributed by atoms with E-state index in [4.69, 9.17) is 11.5 Å². The molecule has 4 N–H and O–H groups in total. The number of pyridine rings is 1. The number of aromatic nitrogens is 1. The van der Waals surface area contributed by atoms with Crippen molar-refractivity contribution in [1.82, 2.24) is 4.98 Å². The summed E-state index contributed by atoms with van der Waals surface area (Å²) in [6.45, 7) is 2.56. The van der Waals surface area contributed by atoms with E-state index in [0.717, 1.165) is 17.1 Å². The molecule has 0 radical (unpaired) electrons. The predicted molar refractivity (Wildman–Crippen MR) is 80.5 cm³/mol. The minimum Gasteiger partial charge on any atom is -0.397 e. The number of nitrogens with two attached hydrogens (primary N) is 2. The van der Waals surface area contributed by atoms with Crippen molar-refractivity contribution >= 4 is 17.3 Å². The summed E-state index contributed by atoms with van der Waals surface area (Å²) in [5, 5.41) is 0. The Kier molecular flexibility index (Phi) is 3.89. The Morgan fingerprint density at radius 3 is 2.70 bits per heavy atom. The van der Waals surface area contributed by atoms with Crippen LogP contribution in [0.5, 0.6) is 0 Å². The fourth-order valence-electron chi connectivity index (χ4n) is 2.04. The summed E-state index contributed by atoms with van der Waals surface area (Å²) in [5.41, 5.74) is 15.0. The van der Waals surface area contributed by atoms with Crippen molar-refractivity contribution in [1.29, 1.82) is 0 Å². The van der Waals surface area contributed by atoms with E-state index in [1.807, 2.05) is 37.1 Å². The van der Waals surface area contributed by atoms with E-state index in [1.54, 1.807) is 18.2 Å². The van der Waals surface area contributed by atoms with Gasteiger partial charge in [-0.2, -0.15) is 0 Å². The Balaban J connectivity index is 2.26. The molecule has 5 heteroatoms. The maximum atomic E-state index is 11.2. The maximum Gasteiger partial charge on any atom is 0.248 e. The zero-order chi connectivity index (χ0) is 14.7. The molecule has 0 saturated heterocycles. The third-order valence-electron chi connectivity index (χ3n) is 3.07. The van der Waals surface area contributed by atoms with Crippen LogP contribution in [0.25, 0.3) is 0 Å². The third-order valence-corrected chi connectivity index (χ3v) is 3.07. The number of benzene rings is 1. The molecule has 1 aromatic carbocycles. The number of hydrogen-bond acceptors (Lipinski definition) is 4. The Morgan fingerprint density at radius 1 is 1.30 bits per heavy atom. The van der Waals surface area contributed by atoms with Gasteiger partial charge in [-0.25, -0.2) is 0 Å². The van der Waals surface area contributed by atoms with Crippen LogP contribution in [0.15, 0.2) is 36.4 Å². The second-order valence-electron chi connectivity index (χ2n) is 4.76. The fourth-order valence-corrected chi connectivity index (χ4v) is 2.04. The first kappa shape index (κ1) is 13.9. The molecule has 0 atom stereocenters. The lowest BCUT2D eigenvalue weighted by atomic mass is 10.1. The topological polar surface area (TPSA) is 85.2 Å². The van der Waals surface area contributed by atoms with Crippen LogP contribution >= 0.6 is 0 Å². The molecule has 2 rings (SSSR count). The molecular weight excluding hydrogens is 252 g/mol. The van der Waals surface area contributed by atoms with E-state index in [0.29, 0.717) is 17.8 Å². The van der Waals surface area contributed by atoms with Crippen molar-refractivity contribution in [3.8, 4) is 0 Å². The second-order valence-corrected chi connectivity index (χ2v) is 4.76. The van der Waals surface area contributed by atoms with Crippen LogP contribution in [0.4, 0.5) is 11.4 Å². The van der Waals surface area contributed by atoms with Crippen LogP contribution in [0, 0.1) is 6.92 Å². The SMILES string of the molecule is Cc1cccc(CN(C)c2cc(C(N)=O)ccc2N)n1. The number of carbonyl (C=O) groups is 1. The van der Waals surface area contributed by atoms with Gasteiger partial charge in [-0.1, -0.05) is 6.07 Å². The number of anilines is 2. The van der Waals surface area contributed by atoms with Crippen LogP contribution in [-0.2, 0) is 6.54 Å². The zero-order valence-corrected chi connectivity index (χ0v) is 11.6. The van der Waals surface area contributed by atoms with E-state index >= 15 is 0 Å². The highest BCUT2D eigenvalue weighted by Gasteiger charge is 2.10. The highest BCUT2D eigenvalue weighted by Crippen LogP contribution is 2.24. The first-order valence-corrected chi connectivity index (χ1v) is 6.30. The highest BCUT2D eigenvalue weighted by molar-refractivity contribution is 5.95. The van der Waals surface area contributed by atoms with Gasteiger partial charge in [-0.15, -0.1) is 0 Å². The van der Waals surface area contributed by atoms with Gasteiger partial charge in [0.25, 0.3) is 0 Å². The number of hydrogen-bond donors (Lipinski definition) is 2. The lowest BCUT2D eigenvalue weighted by molar-refractivity contribution is 0.100. The van der Waals surface area contributed by atoms with Crippen molar-refractivity contribution in [2.45, 2.75) is 13.5 Å². The number of nitrogen functional groups attached to an aromatic ring is 1. The summed E-state index contributed by atoms with van der Waals surface area (Å²) in [6, 6.07) is 10.9. The van der Waals surface area contributed by atoms with Gasteiger partial charge in [0.1, 0.15) is 0 Å². The monoisotopic (exact) mass is 270 g/mol. The number of rotatable bonds is 4. The predicted octanol–water partition coefficient (Wildman–Crippen LogP) is 1.71. The molecule has 104 valence electrons. The Morgan fingerprint density at radius 2 is 2.05 bits per heavy atom. The summed E-state index contributed by atoms with van der Waals surface area (Å²) in [7, 11) is 1.90. The van der Waals surface area contributed by atoms with Gasteiger partial charge in [-0.3, -0.25) is 9.78 Å². The van der Waals surface area contributed by atoms with Gasteiger partial charge in [-0.05, 0) is 37.3 Å². The number of aryl methyl sites for hydroxylation is 1. The third kappa shape index (κ3) is 3.06. The maximum absolute atomic E-state index is 11.2. The van der Waals surface area contributed by atoms with Gasteiger partial charge >= 0.3 is 0 Å². The molecule has 5 nitrogen and oxygen atoms in total. The Hall–Kier alpha value is -2.56. The van der Waals surface area contributed by atoms with Crippen LogP contribution < -0.4 is 16.4 Å². The highest BCUT2D eigenvalue weighted by atomic mass is 16.1. The molecule has 1 aromatic heterocycles. The molecule has 0 fully saturated rings. The lowest BCUT2D eigenvalue weighted by Crippen LogP contribution is -2.20. The number of nitrogens with zero attached hydrogens (tertiary/aromatic N) is 2. The van der Waals surface area contributed by atoms with E-state index in [1.165, 1.54) is 0 Å². The quantitative estimate of drug-likeness (QED) is 0.828. The van der Waals surface area contributed by atoms with Crippen LogP contribution in [0.3, 0.4) is 0 Å². The normalized spacial score (nSPS) is 10.3. The molecule has 1 heterocycles. The van der Waals surface area contributed by atoms with Gasteiger partial charge in [0.15, 0.2) is 0 Å². The molecule has 2 aromatic rings. The Labute approximate surface area is 118 Å².